The van der Waals surface area contributed by atoms with Crippen LogP contribution < -0.4 is 15.4 Å². The van der Waals surface area contributed by atoms with Gasteiger partial charge in [0, 0.05) is 23.1 Å². The minimum Gasteiger partial charge on any atom is -0.422 e. The molecule has 182 valence electrons. The van der Waals surface area contributed by atoms with E-state index < -0.39 is 21.6 Å². The third kappa shape index (κ3) is 4.78. The van der Waals surface area contributed by atoms with Crippen LogP contribution in [0, 0.1) is 0 Å². The van der Waals surface area contributed by atoms with Gasteiger partial charge >= 0.3 is 5.63 Å². The van der Waals surface area contributed by atoms with Gasteiger partial charge in [0.25, 0.3) is 5.91 Å². The summed E-state index contributed by atoms with van der Waals surface area (Å²) in [6, 6.07) is 24.7. The van der Waals surface area contributed by atoms with Gasteiger partial charge in [-0.05, 0) is 37.1 Å². The van der Waals surface area contributed by atoms with Gasteiger partial charge in [0.2, 0.25) is 10.0 Å². The number of fused-ring (bicyclic) bond motifs is 1. The van der Waals surface area contributed by atoms with Crippen molar-refractivity contribution in [2.75, 3.05) is 16.6 Å². The molecule has 0 bridgehead atoms. The second-order valence-electron chi connectivity index (χ2n) is 8.39. The minimum atomic E-state index is -3.33. The Morgan fingerprint density at radius 1 is 0.889 bits per heavy atom. The van der Waals surface area contributed by atoms with Gasteiger partial charge in [0.1, 0.15) is 11.1 Å². The van der Waals surface area contributed by atoms with Crippen LogP contribution in [0.3, 0.4) is 0 Å². The molecule has 1 saturated heterocycles. The molecule has 9 heteroatoms. The van der Waals surface area contributed by atoms with Crippen LogP contribution in [0.2, 0.25) is 0 Å². The van der Waals surface area contributed by atoms with E-state index in [1.165, 1.54) is 10.4 Å². The number of nitrogens with one attached hydrogen (secondary N) is 1. The second kappa shape index (κ2) is 9.79. The summed E-state index contributed by atoms with van der Waals surface area (Å²) in [5.74, 6) is -0.556. The van der Waals surface area contributed by atoms with Crippen molar-refractivity contribution in [1.82, 2.24) is 5.43 Å². The van der Waals surface area contributed by atoms with E-state index in [4.69, 9.17) is 4.42 Å². The standard InChI is InChI=1S/C27H23N3O5S/c31-26(23-18-21-10-4-5-11-24(21)35-27(23)32)29-28-25(19-8-2-1-3-9-19)20-12-14-22(15-13-20)30-16-6-7-17-36(30,33)34/h1-5,8-15,18H,6-7,16-17H2,(H,29,31). The average Bonchev–Trinajstić information content (AvgIpc) is 2.89. The number of para-hydroxylation sites is 1. The smallest absolute Gasteiger partial charge is 0.349 e. The first-order valence-corrected chi connectivity index (χ1v) is 13.1. The largest absolute Gasteiger partial charge is 0.422 e. The van der Waals surface area contributed by atoms with Gasteiger partial charge in [-0.25, -0.2) is 18.6 Å². The van der Waals surface area contributed by atoms with Crippen LogP contribution >= 0.6 is 0 Å². The first kappa shape index (κ1) is 23.5. The zero-order valence-electron chi connectivity index (χ0n) is 19.3. The third-order valence-corrected chi connectivity index (χ3v) is 7.85. The van der Waals surface area contributed by atoms with Gasteiger partial charge in [-0.15, -0.1) is 0 Å². The summed E-state index contributed by atoms with van der Waals surface area (Å²) >= 11 is 0. The Morgan fingerprint density at radius 3 is 2.33 bits per heavy atom. The second-order valence-corrected chi connectivity index (χ2v) is 10.4. The van der Waals surface area contributed by atoms with E-state index >= 15 is 0 Å². The Labute approximate surface area is 207 Å². The molecule has 8 nitrogen and oxygen atoms in total. The highest BCUT2D eigenvalue weighted by Gasteiger charge is 2.26. The lowest BCUT2D eigenvalue weighted by Crippen LogP contribution is -2.37. The fourth-order valence-corrected chi connectivity index (χ4v) is 5.78. The summed E-state index contributed by atoms with van der Waals surface area (Å²) in [6.45, 7) is 0.450. The van der Waals surface area contributed by atoms with Gasteiger partial charge in [0.05, 0.1) is 17.2 Å². The topological polar surface area (TPSA) is 109 Å². The van der Waals surface area contributed by atoms with E-state index in [9.17, 15) is 18.0 Å². The van der Waals surface area contributed by atoms with E-state index in [1.807, 2.05) is 30.3 Å². The summed E-state index contributed by atoms with van der Waals surface area (Å²) in [5, 5.41) is 4.96. The monoisotopic (exact) mass is 501 g/mol. The number of anilines is 1. The number of amides is 1. The van der Waals surface area contributed by atoms with Crippen molar-refractivity contribution in [2.24, 2.45) is 5.10 Å². The maximum atomic E-state index is 12.9. The summed E-state index contributed by atoms with van der Waals surface area (Å²) in [7, 11) is -3.33. The lowest BCUT2D eigenvalue weighted by atomic mass is 10.0. The molecule has 0 atom stereocenters. The van der Waals surface area contributed by atoms with E-state index in [1.54, 1.807) is 48.5 Å². The van der Waals surface area contributed by atoms with Crippen LogP contribution in [0.15, 0.2) is 99.2 Å². The van der Waals surface area contributed by atoms with Crippen molar-refractivity contribution in [2.45, 2.75) is 12.8 Å². The Kier molecular flexibility index (Phi) is 6.39. The minimum absolute atomic E-state index is 0.139. The molecule has 4 aromatic rings. The first-order chi connectivity index (χ1) is 17.4. The zero-order valence-corrected chi connectivity index (χ0v) is 20.1. The van der Waals surface area contributed by atoms with E-state index in [0.29, 0.717) is 40.9 Å². The van der Waals surface area contributed by atoms with Crippen LogP contribution in [0.25, 0.3) is 11.0 Å². The molecule has 1 fully saturated rings. The molecule has 1 N–H and O–H groups in total. The van der Waals surface area contributed by atoms with Gasteiger partial charge < -0.3 is 4.42 Å². The Bertz CT molecular complexity index is 1610. The Hall–Kier alpha value is -4.24. The number of benzene rings is 3. The van der Waals surface area contributed by atoms with Gasteiger partial charge in [0.15, 0.2) is 0 Å². The van der Waals surface area contributed by atoms with Crippen LogP contribution in [-0.2, 0) is 10.0 Å². The number of hydrogen-bond donors (Lipinski definition) is 1. The number of carbonyl (C=O) groups excluding carboxylic acids is 1. The summed E-state index contributed by atoms with van der Waals surface area (Å²) < 4.78 is 31.6. The highest BCUT2D eigenvalue weighted by molar-refractivity contribution is 7.92. The van der Waals surface area contributed by atoms with Crippen LogP contribution in [0.4, 0.5) is 5.69 Å². The Morgan fingerprint density at radius 2 is 1.58 bits per heavy atom. The SMILES string of the molecule is O=C(NN=C(c1ccccc1)c1ccc(N2CCCCS2(=O)=O)cc1)c1cc2ccccc2oc1=O. The molecule has 5 rings (SSSR count). The zero-order chi connectivity index (χ0) is 25.1. The molecule has 2 heterocycles. The fraction of sp³-hybridized carbons (Fsp3) is 0.148. The van der Waals surface area contributed by atoms with Gasteiger partial charge in [-0.3, -0.25) is 9.10 Å². The van der Waals surface area contributed by atoms with Crippen LogP contribution in [-0.4, -0.2) is 32.3 Å². The molecule has 36 heavy (non-hydrogen) atoms. The molecule has 1 aliphatic heterocycles. The number of hydrazone groups is 1. The first-order valence-electron chi connectivity index (χ1n) is 11.5. The van der Waals surface area contributed by atoms with Crippen LogP contribution in [0.1, 0.15) is 34.3 Å². The maximum absolute atomic E-state index is 12.9. The van der Waals surface area contributed by atoms with Crippen LogP contribution in [0.5, 0.6) is 0 Å². The van der Waals surface area contributed by atoms with Crippen molar-refractivity contribution in [3.63, 3.8) is 0 Å². The van der Waals surface area contributed by atoms with E-state index in [0.717, 1.165) is 12.0 Å². The van der Waals surface area contributed by atoms with Crippen molar-refractivity contribution in [3.05, 3.63) is 112 Å². The lowest BCUT2D eigenvalue weighted by Gasteiger charge is -2.28. The van der Waals surface area contributed by atoms with Crippen molar-refractivity contribution < 1.29 is 17.6 Å². The molecule has 0 radical (unpaired) electrons. The normalized spacial score (nSPS) is 15.6. The molecule has 3 aromatic carbocycles. The molecular weight excluding hydrogens is 478 g/mol. The van der Waals surface area contributed by atoms with Crippen molar-refractivity contribution in [3.8, 4) is 0 Å². The molecule has 0 aliphatic carbocycles. The highest BCUT2D eigenvalue weighted by atomic mass is 32.2. The molecule has 0 spiro atoms. The molecular formula is C27H23N3O5S. The quantitative estimate of drug-likeness (QED) is 0.253. The van der Waals surface area contributed by atoms with Crippen molar-refractivity contribution >= 4 is 38.3 Å². The molecule has 1 aromatic heterocycles. The number of carbonyl (C=O) groups is 1. The number of rotatable bonds is 5. The predicted molar refractivity (Wildman–Crippen MR) is 139 cm³/mol. The number of hydrogen-bond acceptors (Lipinski definition) is 6. The lowest BCUT2D eigenvalue weighted by molar-refractivity contribution is 0.0951. The number of sulfonamides is 1. The van der Waals surface area contributed by atoms with E-state index in [2.05, 4.69) is 10.5 Å². The molecule has 0 saturated carbocycles. The van der Waals surface area contributed by atoms with Gasteiger partial charge in [-0.2, -0.15) is 5.10 Å². The molecule has 1 aliphatic rings. The molecule has 0 unspecified atom stereocenters. The summed E-state index contributed by atoms with van der Waals surface area (Å²) in [6.07, 6.45) is 1.48. The van der Waals surface area contributed by atoms with Crippen molar-refractivity contribution in [1.29, 1.82) is 0 Å². The fourth-order valence-electron chi connectivity index (χ4n) is 4.14. The van der Waals surface area contributed by atoms with Gasteiger partial charge in [-0.1, -0.05) is 60.7 Å². The summed E-state index contributed by atoms with van der Waals surface area (Å²) in [4.78, 5) is 25.2. The summed E-state index contributed by atoms with van der Waals surface area (Å²) in [5.41, 5.74) is 4.41. The van der Waals surface area contributed by atoms with E-state index in [-0.39, 0.29) is 11.3 Å². The average molecular weight is 502 g/mol. The predicted octanol–water partition coefficient (Wildman–Crippen LogP) is 3.91. The highest BCUT2D eigenvalue weighted by Crippen LogP contribution is 2.24. The Balaban J connectivity index is 1.47. The molecule has 1 amide bonds. The maximum Gasteiger partial charge on any atom is 0.349 e. The third-order valence-electron chi connectivity index (χ3n) is 5.98. The number of nitrogens with zero attached hydrogens (tertiary/aromatic N) is 2.